The van der Waals surface area contributed by atoms with Gasteiger partial charge in [-0.1, -0.05) is 37.7 Å². The first kappa shape index (κ1) is 23.4. The Hall–Kier alpha value is -2.22. The van der Waals surface area contributed by atoms with Gasteiger partial charge in [0.15, 0.2) is 5.16 Å². The Morgan fingerprint density at radius 1 is 1.32 bits per heavy atom. The molecule has 2 amide bonds. The van der Waals surface area contributed by atoms with Crippen molar-refractivity contribution in [2.75, 3.05) is 18.8 Å². The van der Waals surface area contributed by atoms with E-state index < -0.39 is 0 Å². The Balaban J connectivity index is 1.60. The first-order chi connectivity index (χ1) is 15.0. The molecule has 2 aromatic rings. The molecule has 1 unspecified atom stereocenters. The minimum atomic E-state index is -0.244. The van der Waals surface area contributed by atoms with Gasteiger partial charge < -0.3 is 19.5 Å². The van der Waals surface area contributed by atoms with Crippen LogP contribution in [0.1, 0.15) is 52.9 Å². The lowest BCUT2D eigenvalue weighted by Gasteiger charge is -2.22. The van der Waals surface area contributed by atoms with E-state index in [1.807, 2.05) is 47.6 Å². The number of nitrogens with zero attached hydrogens (tertiary/aromatic N) is 3. The van der Waals surface area contributed by atoms with E-state index >= 15 is 0 Å². The number of urea groups is 1. The zero-order valence-corrected chi connectivity index (χ0v) is 19.6. The number of carbonyl (C=O) groups excluding carboxylic acids is 2. The molecular formula is C23H34N4O3S. The maximum atomic E-state index is 12.4. The van der Waals surface area contributed by atoms with Gasteiger partial charge in [0, 0.05) is 24.9 Å². The van der Waals surface area contributed by atoms with Gasteiger partial charge in [0.1, 0.15) is 6.54 Å². The van der Waals surface area contributed by atoms with Crippen molar-refractivity contribution < 1.29 is 14.3 Å². The highest BCUT2D eigenvalue weighted by Gasteiger charge is 2.32. The third-order valence-corrected chi connectivity index (χ3v) is 6.43. The lowest BCUT2D eigenvalue weighted by atomic mass is 10.3. The van der Waals surface area contributed by atoms with Crippen LogP contribution in [0, 0.1) is 0 Å². The van der Waals surface area contributed by atoms with E-state index in [1.165, 1.54) is 0 Å². The van der Waals surface area contributed by atoms with Crippen molar-refractivity contribution in [2.24, 2.45) is 0 Å². The summed E-state index contributed by atoms with van der Waals surface area (Å²) in [4.78, 5) is 31.5. The van der Waals surface area contributed by atoms with Crippen LogP contribution in [0.3, 0.4) is 0 Å². The van der Waals surface area contributed by atoms with Gasteiger partial charge in [-0.3, -0.25) is 4.79 Å². The summed E-state index contributed by atoms with van der Waals surface area (Å²) in [7, 11) is 0. The normalized spacial score (nSPS) is 14.4. The number of esters is 1. The van der Waals surface area contributed by atoms with E-state index in [-0.39, 0.29) is 24.6 Å². The highest BCUT2D eigenvalue weighted by atomic mass is 32.2. The number of thioether (sulfide) groups is 1. The van der Waals surface area contributed by atoms with Crippen molar-refractivity contribution in [3.63, 3.8) is 0 Å². The summed E-state index contributed by atoms with van der Waals surface area (Å²) in [6.45, 7) is 7.57. The monoisotopic (exact) mass is 446 g/mol. The molecule has 3 rings (SSSR count). The molecule has 0 aliphatic heterocycles. The number of imidazole rings is 1. The molecule has 170 valence electrons. The van der Waals surface area contributed by atoms with Gasteiger partial charge in [-0.25, -0.2) is 9.78 Å². The maximum absolute atomic E-state index is 12.4. The Kier molecular flexibility index (Phi) is 8.63. The Morgan fingerprint density at radius 2 is 2.10 bits per heavy atom. The minimum Gasteiger partial charge on any atom is -0.461 e. The molecule has 0 bridgehead atoms. The standard InChI is InChI=1S/C23H34N4O3S/c1-4-13-24-22(29)26(18-11-12-18)14-8-15-31-23-25-19-9-6-7-10-20(19)27(23)16-21(28)30-17(3)5-2/h6-7,9-10,17-18H,4-5,8,11-16H2,1-3H3,(H,24,29). The summed E-state index contributed by atoms with van der Waals surface area (Å²) in [6.07, 6.45) is 4.71. The van der Waals surface area contributed by atoms with E-state index in [1.54, 1.807) is 11.8 Å². The number of para-hydroxylation sites is 2. The average molecular weight is 447 g/mol. The van der Waals surface area contributed by atoms with E-state index in [4.69, 9.17) is 9.72 Å². The van der Waals surface area contributed by atoms with Gasteiger partial charge in [0.25, 0.3) is 0 Å². The molecule has 7 nitrogen and oxygen atoms in total. The van der Waals surface area contributed by atoms with Crippen molar-refractivity contribution in [3.8, 4) is 0 Å². The fraction of sp³-hybridized carbons (Fsp3) is 0.609. The Labute approximate surface area is 188 Å². The molecule has 0 spiro atoms. The van der Waals surface area contributed by atoms with E-state index in [0.29, 0.717) is 12.6 Å². The van der Waals surface area contributed by atoms with Crippen LogP contribution in [0.15, 0.2) is 29.4 Å². The summed E-state index contributed by atoms with van der Waals surface area (Å²) < 4.78 is 7.42. The van der Waals surface area contributed by atoms with Crippen LogP contribution in [0.25, 0.3) is 11.0 Å². The van der Waals surface area contributed by atoms with E-state index in [0.717, 1.165) is 60.6 Å². The molecule has 1 atom stereocenters. The number of hydrogen-bond donors (Lipinski definition) is 1. The molecule has 1 aromatic carbocycles. The predicted octanol–water partition coefficient (Wildman–Crippen LogP) is 4.44. The SMILES string of the molecule is CCCNC(=O)N(CCCSc1nc2ccccc2n1CC(=O)OC(C)CC)C1CC1. The highest BCUT2D eigenvalue weighted by molar-refractivity contribution is 7.99. The van der Waals surface area contributed by atoms with Crippen molar-refractivity contribution >= 4 is 34.8 Å². The quantitative estimate of drug-likeness (QED) is 0.296. The van der Waals surface area contributed by atoms with Crippen molar-refractivity contribution in [1.29, 1.82) is 0 Å². The second kappa shape index (κ2) is 11.4. The lowest BCUT2D eigenvalue weighted by molar-refractivity contribution is -0.149. The molecule has 0 radical (unpaired) electrons. The van der Waals surface area contributed by atoms with Crippen LogP contribution in [0.2, 0.25) is 0 Å². The van der Waals surface area contributed by atoms with Crippen LogP contribution in [0.5, 0.6) is 0 Å². The molecule has 0 saturated heterocycles. The van der Waals surface area contributed by atoms with Gasteiger partial charge in [0.2, 0.25) is 0 Å². The van der Waals surface area contributed by atoms with Crippen LogP contribution < -0.4 is 5.32 Å². The largest absolute Gasteiger partial charge is 0.461 e. The number of nitrogens with one attached hydrogen (secondary N) is 1. The molecule has 1 heterocycles. The van der Waals surface area contributed by atoms with Gasteiger partial charge in [0.05, 0.1) is 17.1 Å². The summed E-state index contributed by atoms with van der Waals surface area (Å²) >= 11 is 1.63. The first-order valence-corrected chi connectivity index (χ1v) is 12.3. The number of fused-ring (bicyclic) bond motifs is 1. The average Bonchev–Trinajstić information content (AvgIpc) is 3.55. The minimum absolute atomic E-state index is 0.0504. The molecule has 1 aliphatic rings. The fourth-order valence-electron chi connectivity index (χ4n) is 3.36. The molecule has 1 aromatic heterocycles. The van der Waals surface area contributed by atoms with Crippen molar-refractivity contribution in [2.45, 2.75) is 76.7 Å². The van der Waals surface area contributed by atoms with E-state index in [2.05, 4.69) is 12.2 Å². The zero-order valence-electron chi connectivity index (χ0n) is 18.8. The molecule has 31 heavy (non-hydrogen) atoms. The van der Waals surface area contributed by atoms with Gasteiger partial charge in [-0.05, 0) is 51.2 Å². The number of rotatable bonds is 12. The topological polar surface area (TPSA) is 76.5 Å². The Morgan fingerprint density at radius 3 is 2.81 bits per heavy atom. The fourth-order valence-corrected chi connectivity index (χ4v) is 4.30. The predicted molar refractivity (Wildman–Crippen MR) is 124 cm³/mol. The molecule has 1 aliphatic carbocycles. The molecule has 1 fully saturated rings. The second-order valence-corrected chi connectivity index (χ2v) is 9.10. The third kappa shape index (κ3) is 6.63. The lowest BCUT2D eigenvalue weighted by Crippen LogP contribution is -2.42. The van der Waals surface area contributed by atoms with Gasteiger partial charge in [-0.15, -0.1) is 0 Å². The summed E-state index contributed by atoms with van der Waals surface area (Å²) in [5.74, 6) is 0.584. The number of aromatic nitrogens is 2. The van der Waals surface area contributed by atoms with Crippen LogP contribution in [-0.4, -0.2) is 57.4 Å². The Bertz CT molecular complexity index is 881. The molecule has 1 N–H and O–H groups in total. The number of carbonyl (C=O) groups is 2. The van der Waals surface area contributed by atoms with Crippen LogP contribution in [-0.2, 0) is 16.1 Å². The molecule has 1 saturated carbocycles. The highest BCUT2D eigenvalue weighted by Crippen LogP contribution is 2.28. The van der Waals surface area contributed by atoms with Crippen molar-refractivity contribution in [3.05, 3.63) is 24.3 Å². The summed E-state index contributed by atoms with van der Waals surface area (Å²) in [5.41, 5.74) is 1.81. The molecule has 8 heteroatoms. The number of amides is 2. The third-order valence-electron chi connectivity index (χ3n) is 5.36. The number of ether oxygens (including phenoxy) is 1. The van der Waals surface area contributed by atoms with Gasteiger partial charge in [-0.2, -0.15) is 0 Å². The summed E-state index contributed by atoms with van der Waals surface area (Å²) in [5, 5.41) is 3.81. The second-order valence-electron chi connectivity index (χ2n) is 8.04. The smallest absolute Gasteiger partial charge is 0.326 e. The summed E-state index contributed by atoms with van der Waals surface area (Å²) in [6, 6.07) is 8.29. The van der Waals surface area contributed by atoms with Gasteiger partial charge >= 0.3 is 12.0 Å². The first-order valence-electron chi connectivity index (χ1n) is 11.4. The van der Waals surface area contributed by atoms with Crippen LogP contribution >= 0.6 is 11.8 Å². The number of hydrogen-bond acceptors (Lipinski definition) is 5. The number of benzene rings is 1. The zero-order chi connectivity index (χ0) is 22.2. The van der Waals surface area contributed by atoms with Crippen LogP contribution in [0.4, 0.5) is 4.79 Å². The van der Waals surface area contributed by atoms with E-state index in [9.17, 15) is 9.59 Å². The maximum Gasteiger partial charge on any atom is 0.326 e. The molecular weight excluding hydrogens is 412 g/mol. The van der Waals surface area contributed by atoms with Crippen molar-refractivity contribution in [1.82, 2.24) is 19.8 Å².